The number of carbonyl (C=O) groups is 2. The molecule has 1 amide bonds. The van der Waals surface area contributed by atoms with E-state index in [1.54, 1.807) is 31.2 Å². The van der Waals surface area contributed by atoms with Gasteiger partial charge in [-0.1, -0.05) is 19.9 Å². The normalized spacial score (nSPS) is 10.7. The Kier molecular flexibility index (Phi) is 4.60. The van der Waals surface area contributed by atoms with Gasteiger partial charge < -0.3 is 15.0 Å². The van der Waals surface area contributed by atoms with Crippen LogP contribution in [0.15, 0.2) is 29.1 Å². The lowest BCUT2D eigenvalue weighted by molar-refractivity contribution is -0.152. The Labute approximate surface area is 127 Å². The highest BCUT2D eigenvalue weighted by Gasteiger charge is 2.15. The quantitative estimate of drug-likeness (QED) is 0.671. The molecule has 0 aliphatic heterocycles. The molecule has 6 heteroatoms. The van der Waals surface area contributed by atoms with Gasteiger partial charge in [0.05, 0.1) is 12.1 Å². The van der Waals surface area contributed by atoms with E-state index in [2.05, 4.69) is 15.0 Å². The molecule has 0 unspecified atom stereocenters. The Morgan fingerprint density at radius 3 is 2.64 bits per heavy atom. The molecule has 0 saturated carbocycles. The van der Waals surface area contributed by atoms with Gasteiger partial charge >= 0.3 is 11.9 Å². The van der Waals surface area contributed by atoms with Gasteiger partial charge in [0.25, 0.3) is 0 Å². The fraction of sp³-hybridized carbons (Fsp3) is 0.312. The van der Waals surface area contributed by atoms with Crippen molar-refractivity contribution < 1.29 is 14.3 Å². The molecule has 1 aromatic carbocycles. The summed E-state index contributed by atoms with van der Waals surface area (Å²) in [6, 6.07) is 6.69. The van der Waals surface area contributed by atoms with Gasteiger partial charge in [-0.3, -0.25) is 9.59 Å². The predicted octanol–water partition coefficient (Wildman–Crippen LogP) is 2.15. The molecule has 2 rings (SSSR count). The first-order chi connectivity index (χ1) is 10.4. The maximum absolute atomic E-state index is 11.7. The van der Waals surface area contributed by atoms with Gasteiger partial charge in [-0.05, 0) is 30.5 Å². The van der Waals surface area contributed by atoms with Crippen LogP contribution in [0.2, 0.25) is 0 Å². The molecular weight excluding hydrogens is 284 g/mol. The van der Waals surface area contributed by atoms with E-state index in [1.807, 2.05) is 13.8 Å². The zero-order valence-electron chi connectivity index (χ0n) is 12.7. The summed E-state index contributed by atoms with van der Waals surface area (Å²) in [5, 5.41) is 3.36. The van der Waals surface area contributed by atoms with Crippen molar-refractivity contribution in [1.82, 2.24) is 4.98 Å². The number of pyridine rings is 1. The molecule has 116 valence electrons. The summed E-state index contributed by atoms with van der Waals surface area (Å²) in [5.41, 5.74) is 1.76. The van der Waals surface area contributed by atoms with E-state index in [0.717, 1.165) is 10.9 Å². The molecule has 0 aliphatic carbocycles. The first kappa shape index (κ1) is 15.8. The lowest BCUT2D eigenvalue weighted by Gasteiger charge is -2.11. The number of carbonyl (C=O) groups excluding carboxylic acids is 2. The Hall–Kier alpha value is -2.63. The van der Waals surface area contributed by atoms with Crippen molar-refractivity contribution in [1.29, 1.82) is 0 Å². The summed E-state index contributed by atoms with van der Waals surface area (Å²) < 4.78 is 4.62. The lowest BCUT2D eigenvalue weighted by Crippen LogP contribution is -2.25. The van der Waals surface area contributed by atoms with Crippen molar-refractivity contribution in [3.63, 3.8) is 0 Å². The second-order valence-electron chi connectivity index (χ2n) is 5.18. The van der Waals surface area contributed by atoms with Crippen LogP contribution >= 0.6 is 0 Å². The number of hydrogen-bond acceptors (Lipinski definition) is 4. The van der Waals surface area contributed by atoms with Crippen LogP contribution < -0.4 is 10.9 Å². The summed E-state index contributed by atoms with van der Waals surface area (Å²) in [7, 11) is 0. The fourth-order valence-electron chi connectivity index (χ4n) is 2.22. The molecule has 22 heavy (non-hydrogen) atoms. The van der Waals surface area contributed by atoms with Crippen LogP contribution in [0.5, 0.6) is 0 Å². The van der Waals surface area contributed by atoms with Crippen LogP contribution in [-0.4, -0.2) is 23.5 Å². The first-order valence-electron chi connectivity index (χ1n) is 7.07. The molecule has 1 heterocycles. The molecule has 0 radical (unpaired) electrons. The van der Waals surface area contributed by atoms with Crippen molar-refractivity contribution in [3.8, 4) is 0 Å². The maximum atomic E-state index is 11.7. The number of esters is 1. The molecule has 1 aromatic heterocycles. The van der Waals surface area contributed by atoms with E-state index in [0.29, 0.717) is 11.2 Å². The SMILES string of the molecule is CCOC(=O)C(=O)Nc1ccc2c(C(C)C)cc(=O)[nH]c2c1. The van der Waals surface area contributed by atoms with Crippen molar-refractivity contribution in [2.45, 2.75) is 26.7 Å². The zero-order chi connectivity index (χ0) is 16.3. The number of anilines is 1. The first-order valence-corrected chi connectivity index (χ1v) is 7.07. The standard InChI is InChI=1S/C16H18N2O4/c1-4-22-16(21)15(20)17-10-5-6-11-12(9(2)3)8-14(19)18-13(11)7-10/h5-9H,4H2,1-3H3,(H,17,20)(H,18,19). The minimum Gasteiger partial charge on any atom is -0.459 e. The van der Waals surface area contributed by atoms with E-state index < -0.39 is 11.9 Å². The third-order valence-electron chi connectivity index (χ3n) is 3.22. The van der Waals surface area contributed by atoms with Crippen LogP contribution in [0.4, 0.5) is 5.69 Å². The molecule has 0 atom stereocenters. The molecule has 0 bridgehead atoms. The molecule has 0 aliphatic rings. The molecule has 0 spiro atoms. The van der Waals surface area contributed by atoms with Crippen LogP contribution in [0.3, 0.4) is 0 Å². The summed E-state index contributed by atoms with van der Waals surface area (Å²) in [4.78, 5) is 37.4. The van der Waals surface area contributed by atoms with Gasteiger partial charge in [-0.2, -0.15) is 0 Å². The number of aromatic amines is 1. The van der Waals surface area contributed by atoms with Crippen molar-refractivity contribution >= 4 is 28.5 Å². The summed E-state index contributed by atoms with van der Waals surface area (Å²) in [5.74, 6) is -1.58. The third-order valence-corrected chi connectivity index (χ3v) is 3.22. The number of aromatic nitrogens is 1. The molecular formula is C16H18N2O4. The predicted molar refractivity (Wildman–Crippen MR) is 83.9 cm³/mol. The van der Waals surface area contributed by atoms with Crippen molar-refractivity contribution in [2.24, 2.45) is 0 Å². The molecule has 2 aromatic rings. The number of H-pyrrole nitrogens is 1. The Bertz CT molecular complexity index is 777. The Balaban J connectivity index is 2.37. The number of hydrogen-bond donors (Lipinski definition) is 2. The van der Waals surface area contributed by atoms with Gasteiger partial charge in [0.1, 0.15) is 0 Å². The second-order valence-corrected chi connectivity index (χ2v) is 5.18. The van der Waals surface area contributed by atoms with E-state index in [-0.39, 0.29) is 18.1 Å². The Morgan fingerprint density at radius 2 is 2.00 bits per heavy atom. The van der Waals surface area contributed by atoms with E-state index in [4.69, 9.17) is 0 Å². The van der Waals surface area contributed by atoms with E-state index in [1.165, 1.54) is 0 Å². The van der Waals surface area contributed by atoms with Crippen molar-refractivity contribution in [3.05, 3.63) is 40.2 Å². The number of benzene rings is 1. The highest BCUT2D eigenvalue weighted by molar-refractivity contribution is 6.37. The van der Waals surface area contributed by atoms with E-state index >= 15 is 0 Å². The fourth-order valence-corrected chi connectivity index (χ4v) is 2.22. The van der Waals surface area contributed by atoms with Gasteiger partial charge in [-0.25, -0.2) is 4.79 Å². The highest BCUT2D eigenvalue weighted by Crippen LogP contribution is 2.24. The average Bonchev–Trinajstić information content (AvgIpc) is 2.46. The molecule has 2 N–H and O–H groups in total. The minimum atomic E-state index is -0.938. The summed E-state index contributed by atoms with van der Waals surface area (Å²) >= 11 is 0. The second kappa shape index (κ2) is 6.43. The van der Waals surface area contributed by atoms with Crippen LogP contribution in [-0.2, 0) is 14.3 Å². The van der Waals surface area contributed by atoms with Crippen LogP contribution in [0.1, 0.15) is 32.3 Å². The van der Waals surface area contributed by atoms with Gasteiger partial charge in [0, 0.05) is 17.1 Å². The number of nitrogens with one attached hydrogen (secondary N) is 2. The number of fused-ring (bicyclic) bond motifs is 1. The topological polar surface area (TPSA) is 88.3 Å². The van der Waals surface area contributed by atoms with Crippen LogP contribution in [0.25, 0.3) is 10.9 Å². The highest BCUT2D eigenvalue weighted by atomic mass is 16.5. The zero-order valence-corrected chi connectivity index (χ0v) is 12.7. The largest absolute Gasteiger partial charge is 0.459 e. The average molecular weight is 302 g/mol. The third kappa shape index (κ3) is 3.33. The number of rotatable bonds is 3. The minimum absolute atomic E-state index is 0.134. The summed E-state index contributed by atoms with van der Waals surface area (Å²) in [6.07, 6.45) is 0. The monoisotopic (exact) mass is 302 g/mol. The molecule has 0 saturated heterocycles. The van der Waals surface area contributed by atoms with Gasteiger partial charge in [0.2, 0.25) is 5.56 Å². The Morgan fingerprint density at radius 1 is 1.27 bits per heavy atom. The van der Waals surface area contributed by atoms with Gasteiger partial charge in [-0.15, -0.1) is 0 Å². The number of ether oxygens (including phenoxy) is 1. The molecule has 0 fully saturated rings. The maximum Gasteiger partial charge on any atom is 0.397 e. The van der Waals surface area contributed by atoms with Crippen LogP contribution in [0, 0.1) is 0 Å². The van der Waals surface area contributed by atoms with Crippen molar-refractivity contribution in [2.75, 3.05) is 11.9 Å². The number of amides is 1. The molecule has 6 nitrogen and oxygen atoms in total. The summed E-state index contributed by atoms with van der Waals surface area (Å²) in [6.45, 7) is 5.77. The van der Waals surface area contributed by atoms with Gasteiger partial charge in [0.15, 0.2) is 0 Å². The lowest BCUT2D eigenvalue weighted by atomic mass is 9.99. The van der Waals surface area contributed by atoms with E-state index in [9.17, 15) is 14.4 Å². The smallest absolute Gasteiger partial charge is 0.397 e.